The number of hydrogen-bond acceptors (Lipinski definition) is 6. The van der Waals surface area contributed by atoms with Crippen molar-refractivity contribution in [3.63, 3.8) is 0 Å². The van der Waals surface area contributed by atoms with Crippen molar-refractivity contribution in [2.45, 2.75) is 13.3 Å². The first kappa shape index (κ1) is 22.9. The lowest BCUT2D eigenvalue weighted by atomic mass is 9.97. The van der Waals surface area contributed by atoms with Gasteiger partial charge in [0.05, 0.1) is 11.4 Å². The van der Waals surface area contributed by atoms with E-state index in [4.69, 9.17) is 4.74 Å². The van der Waals surface area contributed by atoms with Crippen LogP contribution < -0.4 is 10.1 Å². The molecule has 0 aliphatic carbocycles. The predicted molar refractivity (Wildman–Crippen MR) is 138 cm³/mol. The van der Waals surface area contributed by atoms with E-state index in [9.17, 15) is 4.79 Å². The van der Waals surface area contributed by atoms with E-state index in [1.807, 2.05) is 67.6 Å². The number of nitrogens with zero attached hydrogens (tertiary/aromatic N) is 4. The average molecular weight is 474 g/mol. The molecular formula is C29H23N5O2. The molecule has 3 heterocycles. The van der Waals surface area contributed by atoms with Crippen molar-refractivity contribution in [1.82, 2.24) is 19.9 Å². The van der Waals surface area contributed by atoms with Gasteiger partial charge in [-0.05, 0) is 84.8 Å². The number of ether oxygens (including phenoxy) is 1. The molecular weight excluding hydrogens is 450 g/mol. The third kappa shape index (κ3) is 5.42. The van der Waals surface area contributed by atoms with Crippen LogP contribution >= 0.6 is 0 Å². The maximum absolute atomic E-state index is 13.0. The molecule has 36 heavy (non-hydrogen) atoms. The second-order valence-corrected chi connectivity index (χ2v) is 8.17. The zero-order valence-electron chi connectivity index (χ0n) is 19.6. The van der Waals surface area contributed by atoms with E-state index >= 15 is 0 Å². The van der Waals surface area contributed by atoms with Crippen LogP contribution in [-0.2, 0) is 6.42 Å². The molecule has 3 aromatic heterocycles. The zero-order chi connectivity index (χ0) is 24.7. The molecule has 0 saturated carbocycles. The highest BCUT2D eigenvalue weighted by molar-refractivity contribution is 6.04. The molecule has 0 saturated heterocycles. The van der Waals surface area contributed by atoms with Gasteiger partial charge in [0.15, 0.2) is 0 Å². The smallest absolute Gasteiger partial charge is 0.255 e. The second kappa shape index (κ2) is 10.6. The van der Waals surface area contributed by atoms with Crippen LogP contribution in [0.25, 0.3) is 11.3 Å². The summed E-state index contributed by atoms with van der Waals surface area (Å²) in [6.45, 7) is 2.03. The molecule has 0 bridgehead atoms. The maximum atomic E-state index is 13.0. The van der Waals surface area contributed by atoms with Crippen molar-refractivity contribution in [3.8, 4) is 22.8 Å². The monoisotopic (exact) mass is 473 g/mol. The van der Waals surface area contributed by atoms with E-state index in [-0.39, 0.29) is 5.91 Å². The van der Waals surface area contributed by atoms with Gasteiger partial charge in [-0.25, -0.2) is 9.97 Å². The Morgan fingerprint density at radius 3 is 2.39 bits per heavy atom. The van der Waals surface area contributed by atoms with Crippen molar-refractivity contribution in [1.29, 1.82) is 0 Å². The van der Waals surface area contributed by atoms with Crippen molar-refractivity contribution < 1.29 is 9.53 Å². The number of anilines is 1. The molecule has 0 aliphatic heterocycles. The van der Waals surface area contributed by atoms with Gasteiger partial charge in [-0.15, -0.1) is 0 Å². The number of nitrogens with one attached hydrogen (secondary N) is 1. The maximum Gasteiger partial charge on any atom is 0.255 e. The van der Waals surface area contributed by atoms with E-state index in [0.717, 1.165) is 28.1 Å². The van der Waals surface area contributed by atoms with Crippen LogP contribution in [0, 0.1) is 6.92 Å². The number of aryl methyl sites for hydroxylation is 1. The largest absolute Gasteiger partial charge is 0.457 e. The number of carbonyl (C=O) groups excluding carboxylic acids is 1. The number of pyridine rings is 2. The summed E-state index contributed by atoms with van der Waals surface area (Å²) in [6, 6.07) is 22.3. The molecule has 7 heteroatoms. The SMILES string of the molecule is Cc1ccc(C(=O)Nc2ccc(Oc3ccncc3)cc2)cc1Cc1ncccc1-c1ccncn1. The summed E-state index contributed by atoms with van der Waals surface area (Å²) in [5, 5.41) is 2.96. The number of benzene rings is 2. The first-order valence-corrected chi connectivity index (χ1v) is 11.4. The van der Waals surface area contributed by atoms with Gasteiger partial charge in [0, 0.05) is 48.0 Å². The summed E-state index contributed by atoms with van der Waals surface area (Å²) in [5.74, 6) is 1.19. The summed E-state index contributed by atoms with van der Waals surface area (Å²) >= 11 is 0. The van der Waals surface area contributed by atoms with Crippen LogP contribution in [-0.4, -0.2) is 25.8 Å². The summed E-state index contributed by atoms with van der Waals surface area (Å²) in [4.78, 5) is 30.0. The Morgan fingerprint density at radius 2 is 1.61 bits per heavy atom. The minimum Gasteiger partial charge on any atom is -0.457 e. The molecule has 2 aromatic carbocycles. The third-order valence-electron chi connectivity index (χ3n) is 5.71. The fraction of sp³-hybridized carbons (Fsp3) is 0.0690. The van der Waals surface area contributed by atoms with E-state index in [1.165, 1.54) is 6.33 Å². The van der Waals surface area contributed by atoms with E-state index in [1.54, 1.807) is 36.9 Å². The molecule has 0 fully saturated rings. The second-order valence-electron chi connectivity index (χ2n) is 8.17. The molecule has 0 atom stereocenters. The van der Waals surface area contributed by atoms with Crippen molar-refractivity contribution in [2.24, 2.45) is 0 Å². The Bertz CT molecular complexity index is 1470. The normalized spacial score (nSPS) is 10.6. The summed E-state index contributed by atoms with van der Waals surface area (Å²) < 4.78 is 5.78. The fourth-order valence-electron chi connectivity index (χ4n) is 3.80. The van der Waals surface area contributed by atoms with Crippen LogP contribution in [0.1, 0.15) is 27.2 Å². The lowest BCUT2D eigenvalue weighted by molar-refractivity contribution is 0.102. The molecule has 0 unspecified atom stereocenters. The first-order chi connectivity index (χ1) is 17.7. The van der Waals surface area contributed by atoms with Gasteiger partial charge in [-0.1, -0.05) is 6.07 Å². The van der Waals surface area contributed by atoms with Crippen LogP contribution in [0.15, 0.2) is 104 Å². The Balaban J connectivity index is 1.31. The zero-order valence-corrected chi connectivity index (χ0v) is 19.6. The van der Waals surface area contributed by atoms with Gasteiger partial charge in [-0.3, -0.25) is 14.8 Å². The fourth-order valence-corrected chi connectivity index (χ4v) is 3.80. The van der Waals surface area contributed by atoms with Crippen molar-refractivity contribution in [2.75, 3.05) is 5.32 Å². The molecule has 5 aromatic rings. The minimum absolute atomic E-state index is 0.184. The number of amides is 1. The topological polar surface area (TPSA) is 89.9 Å². The highest BCUT2D eigenvalue weighted by atomic mass is 16.5. The van der Waals surface area contributed by atoms with E-state index in [0.29, 0.717) is 29.2 Å². The summed E-state index contributed by atoms with van der Waals surface area (Å²) in [6.07, 6.45) is 8.93. The van der Waals surface area contributed by atoms with Gasteiger partial charge in [0.25, 0.3) is 5.91 Å². The van der Waals surface area contributed by atoms with E-state index in [2.05, 4.69) is 25.3 Å². The molecule has 0 spiro atoms. The Hall–Kier alpha value is -4.91. The predicted octanol–water partition coefficient (Wildman–Crippen LogP) is 5.88. The first-order valence-electron chi connectivity index (χ1n) is 11.4. The van der Waals surface area contributed by atoms with Crippen LogP contribution in [0.2, 0.25) is 0 Å². The molecule has 1 amide bonds. The quantitative estimate of drug-likeness (QED) is 0.318. The number of aromatic nitrogens is 4. The van der Waals surface area contributed by atoms with E-state index < -0.39 is 0 Å². The molecule has 5 rings (SSSR count). The lowest BCUT2D eigenvalue weighted by Crippen LogP contribution is -2.12. The Kier molecular flexibility index (Phi) is 6.71. The van der Waals surface area contributed by atoms with Crippen LogP contribution in [0.4, 0.5) is 5.69 Å². The van der Waals surface area contributed by atoms with Crippen LogP contribution in [0.5, 0.6) is 11.5 Å². The van der Waals surface area contributed by atoms with Gasteiger partial charge in [-0.2, -0.15) is 0 Å². The Labute approximate surface area is 208 Å². The highest BCUT2D eigenvalue weighted by Crippen LogP contribution is 2.25. The summed E-state index contributed by atoms with van der Waals surface area (Å²) in [7, 11) is 0. The lowest BCUT2D eigenvalue weighted by Gasteiger charge is -2.12. The third-order valence-corrected chi connectivity index (χ3v) is 5.71. The molecule has 1 N–H and O–H groups in total. The number of rotatable bonds is 7. The van der Waals surface area contributed by atoms with Crippen LogP contribution in [0.3, 0.4) is 0 Å². The van der Waals surface area contributed by atoms with Gasteiger partial charge < -0.3 is 10.1 Å². The van der Waals surface area contributed by atoms with Gasteiger partial charge >= 0.3 is 0 Å². The number of hydrogen-bond donors (Lipinski definition) is 1. The molecule has 176 valence electrons. The van der Waals surface area contributed by atoms with Crippen molar-refractivity contribution >= 4 is 11.6 Å². The van der Waals surface area contributed by atoms with Gasteiger partial charge in [0.1, 0.15) is 17.8 Å². The minimum atomic E-state index is -0.184. The molecule has 7 nitrogen and oxygen atoms in total. The molecule has 0 aliphatic rings. The van der Waals surface area contributed by atoms with Crippen molar-refractivity contribution in [3.05, 3.63) is 126 Å². The van der Waals surface area contributed by atoms with Gasteiger partial charge in [0.2, 0.25) is 0 Å². The number of carbonyl (C=O) groups is 1. The average Bonchev–Trinajstić information content (AvgIpc) is 2.92. The molecule has 0 radical (unpaired) electrons. The highest BCUT2D eigenvalue weighted by Gasteiger charge is 2.13. The summed E-state index contributed by atoms with van der Waals surface area (Å²) in [5.41, 5.74) is 6.02. The standard InChI is InChI=1S/C29H23N5O2/c1-20-4-5-21(17-22(20)18-28-26(3-2-13-32-28)27-12-16-31-19-33-27)29(35)34-23-6-8-24(9-7-23)36-25-10-14-30-15-11-25/h2-17,19H,18H2,1H3,(H,34,35). The Morgan fingerprint density at radius 1 is 0.833 bits per heavy atom.